The van der Waals surface area contributed by atoms with Crippen molar-refractivity contribution in [2.24, 2.45) is 0 Å². The Kier molecular flexibility index (Phi) is 6.29. The van der Waals surface area contributed by atoms with E-state index in [0.29, 0.717) is 11.3 Å². The standard InChI is InChI=1S/C21H25N3O2S/c1-15(2)26-19-10-5-7-16(13-19)20(25)23-21(27)22-17-8-6-9-18(14-17)24-11-3-4-12-24/h5-10,13-15H,3-4,11-12H2,1-2H3,(H2,22,23,25,27). The highest BCUT2D eigenvalue weighted by molar-refractivity contribution is 7.80. The van der Waals surface area contributed by atoms with Gasteiger partial charge in [-0.05, 0) is 75.3 Å². The molecular formula is C21H25N3O2S. The minimum Gasteiger partial charge on any atom is -0.491 e. The topological polar surface area (TPSA) is 53.6 Å². The molecule has 0 unspecified atom stereocenters. The lowest BCUT2D eigenvalue weighted by atomic mass is 10.2. The smallest absolute Gasteiger partial charge is 0.257 e. The van der Waals surface area contributed by atoms with Crippen molar-refractivity contribution in [1.29, 1.82) is 0 Å². The van der Waals surface area contributed by atoms with Crippen molar-refractivity contribution in [3.8, 4) is 5.75 Å². The summed E-state index contributed by atoms with van der Waals surface area (Å²) >= 11 is 5.31. The molecule has 1 amide bonds. The molecule has 0 radical (unpaired) electrons. The predicted molar refractivity (Wildman–Crippen MR) is 114 cm³/mol. The zero-order valence-corrected chi connectivity index (χ0v) is 16.5. The Morgan fingerprint density at radius 1 is 1.11 bits per heavy atom. The van der Waals surface area contributed by atoms with Gasteiger partial charge < -0.3 is 15.0 Å². The number of nitrogens with one attached hydrogen (secondary N) is 2. The number of benzene rings is 2. The number of hydrogen-bond acceptors (Lipinski definition) is 4. The summed E-state index contributed by atoms with van der Waals surface area (Å²) in [7, 11) is 0. The van der Waals surface area contributed by atoms with Crippen molar-refractivity contribution in [3.63, 3.8) is 0 Å². The van der Waals surface area contributed by atoms with Gasteiger partial charge in [0, 0.05) is 30.0 Å². The van der Waals surface area contributed by atoms with Crippen molar-refractivity contribution < 1.29 is 9.53 Å². The van der Waals surface area contributed by atoms with Gasteiger partial charge in [0.2, 0.25) is 0 Å². The minimum absolute atomic E-state index is 0.0499. The van der Waals surface area contributed by atoms with E-state index in [1.54, 1.807) is 18.2 Å². The van der Waals surface area contributed by atoms with Gasteiger partial charge in [-0.2, -0.15) is 0 Å². The highest BCUT2D eigenvalue weighted by Gasteiger charge is 2.13. The monoisotopic (exact) mass is 383 g/mol. The van der Waals surface area contributed by atoms with Gasteiger partial charge in [-0.1, -0.05) is 12.1 Å². The van der Waals surface area contributed by atoms with Crippen LogP contribution in [-0.4, -0.2) is 30.2 Å². The lowest BCUT2D eigenvalue weighted by Crippen LogP contribution is -2.34. The predicted octanol–water partition coefficient (Wildman–Crippen LogP) is 4.20. The normalized spacial score (nSPS) is 13.5. The number of ether oxygens (including phenoxy) is 1. The average molecular weight is 384 g/mol. The van der Waals surface area contributed by atoms with E-state index in [-0.39, 0.29) is 17.1 Å². The number of nitrogens with zero attached hydrogens (tertiary/aromatic N) is 1. The van der Waals surface area contributed by atoms with Crippen LogP contribution in [0.4, 0.5) is 11.4 Å². The number of carbonyl (C=O) groups is 1. The summed E-state index contributed by atoms with van der Waals surface area (Å²) in [5.41, 5.74) is 2.54. The summed E-state index contributed by atoms with van der Waals surface area (Å²) in [5, 5.41) is 6.09. The molecule has 0 aromatic heterocycles. The Morgan fingerprint density at radius 3 is 2.59 bits per heavy atom. The number of carbonyl (C=O) groups excluding carboxylic acids is 1. The summed E-state index contributed by atoms with van der Waals surface area (Å²) in [4.78, 5) is 14.8. The Balaban J connectivity index is 1.60. The van der Waals surface area contributed by atoms with Crippen LogP contribution in [0.3, 0.4) is 0 Å². The Bertz CT molecular complexity index is 817. The number of thiocarbonyl (C=S) groups is 1. The fourth-order valence-corrected chi connectivity index (χ4v) is 3.29. The quantitative estimate of drug-likeness (QED) is 0.758. The first-order valence-corrected chi connectivity index (χ1v) is 9.66. The van der Waals surface area contributed by atoms with E-state index in [1.165, 1.54) is 18.5 Å². The molecular weight excluding hydrogens is 358 g/mol. The maximum absolute atomic E-state index is 12.5. The second-order valence-corrected chi connectivity index (χ2v) is 7.26. The largest absolute Gasteiger partial charge is 0.491 e. The first-order chi connectivity index (χ1) is 13.0. The molecule has 1 fully saturated rings. The summed E-state index contributed by atoms with van der Waals surface area (Å²) in [6.45, 7) is 6.06. The van der Waals surface area contributed by atoms with Gasteiger partial charge in [0.25, 0.3) is 5.91 Å². The van der Waals surface area contributed by atoms with E-state index in [1.807, 2.05) is 32.0 Å². The summed E-state index contributed by atoms with van der Waals surface area (Å²) in [6.07, 6.45) is 2.51. The molecule has 2 aromatic rings. The van der Waals surface area contributed by atoms with Crippen LogP contribution >= 0.6 is 12.2 Å². The fourth-order valence-electron chi connectivity index (χ4n) is 3.08. The van der Waals surface area contributed by atoms with Gasteiger partial charge in [-0.15, -0.1) is 0 Å². The van der Waals surface area contributed by atoms with Crippen LogP contribution in [0.25, 0.3) is 0 Å². The third-order valence-corrected chi connectivity index (χ3v) is 4.47. The maximum Gasteiger partial charge on any atom is 0.257 e. The van der Waals surface area contributed by atoms with Crippen LogP contribution < -0.4 is 20.3 Å². The third-order valence-electron chi connectivity index (χ3n) is 4.27. The van der Waals surface area contributed by atoms with Gasteiger partial charge in [0.15, 0.2) is 5.11 Å². The molecule has 142 valence electrons. The molecule has 0 saturated carbocycles. The lowest BCUT2D eigenvalue weighted by Gasteiger charge is -2.19. The average Bonchev–Trinajstić information content (AvgIpc) is 3.16. The highest BCUT2D eigenvalue weighted by Crippen LogP contribution is 2.23. The van der Waals surface area contributed by atoms with E-state index in [4.69, 9.17) is 17.0 Å². The van der Waals surface area contributed by atoms with Crippen LogP contribution in [0.15, 0.2) is 48.5 Å². The van der Waals surface area contributed by atoms with Gasteiger partial charge in [-0.25, -0.2) is 0 Å². The van der Waals surface area contributed by atoms with Crippen molar-refractivity contribution in [2.45, 2.75) is 32.8 Å². The van der Waals surface area contributed by atoms with E-state index in [9.17, 15) is 4.79 Å². The van der Waals surface area contributed by atoms with Crippen molar-refractivity contribution in [2.75, 3.05) is 23.3 Å². The zero-order valence-electron chi connectivity index (χ0n) is 15.7. The van der Waals surface area contributed by atoms with Crippen LogP contribution in [0.2, 0.25) is 0 Å². The van der Waals surface area contributed by atoms with Crippen LogP contribution in [0, 0.1) is 0 Å². The summed E-state index contributed by atoms with van der Waals surface area (Å²) < 4.78 is 5.63. The van der Waals surface area contributed by atoms with Crippen molar-refractivity contribution in [3.05, 3.63) is 54.1 Å². The highest BCUT2D eigenvalue weighted by atomic mass is 32.1. The number of anilines is 2. The summed E-state index contributed by atoms with van der Waals surface area (Å²) in [6, 6.07) is 15.2. The van der Waals surface area contributed by atoms with Crippen molar-refractivity contribution >= 4 is 34.6 Å². The number of amides is 1. The second-order valence-electron chi connectivity index (χ2n) is 6.85. The number of hydrogen-bond donors (Lipinski definition) is 2. The first kappa shape index (κ1) is 19.2. The Labute approximate surface area is 165 Å². The molecule has 27 heavy (non-hydrogen) atoms. The van der Waals surface area contributed by atoms with E-state index >= 15 is 0 Å². The van der Waals surface area contributed by atoms with Gasteiger partial charge in [0.1, 0.15) is 5.75 Å². The van der Waals surface area contributed by atoms with Gasteiger partial charge in [-0.3, -0.25) is 10.1 Å². The summed E-state index contributed by atoms with van der Waals surface area (Å²) in [5.74, 6) is 0.396. The van der Waals surface area contributed by atoms with Crippen LogP contribution in [-0.2, 0) is 0 Å². The molecule has 1 aliphatic heterocycles. The van der Waals surface area contributed by atoms with E-state index < -0.39 is 0 Å². The van der Waals surface area contributed by atoms with Gasteiger partial charge >= 0.3 is 0 Å². The Hall–Kier alpha value is -2.60. The number of rotatable bonds is 5. The molecule has 0 atom stereocenters. The molecule has 0 spiro atoms. The zero-order chi connectivity index (χ0) is 19.2. The Morgan fingerprint density at radius 2 is 1.85 bits per heavy atom. The molecule has 1 heterocycles. The second kappa shape index (κ2) is 8.86. The molecule has 0 bridgehead atoms. The molecule has 1 saturated heterocycles. The third kappa shape index (κ3) is 5.44. The van der Waals surface area contributed by atoms with E-state index in [2.05, 4.69) is 27.7 Å². The van der Waals surface area contributed by atoms with Gasteiger partial charge in [0.05, 0.1) is 6.10 Å². The molecule has 1 aliphatic rings. The fraction of sp³-hybridized carbons (Fsp3) is 0.333. The molecule has 2 N–H and O–H groups in total. The van der Waals surface area contributed by atoms with E-state index in [0.717, 1.165) is 18.8 Å². The minimum atomic E-state index is -0.266. The molecule has 3 rings (SSSR count). The maximum atomic E-state index is 12.5. The SMILES string of the molecule is CC(C)Oc1cccc(C(=O)NC(=S)Nc2cccc(N3CCCC3)c2)c1. The molecule has 2 aromatic carbocycles. The lowest BCUT2D eigenvalue weighted by molar-refractivity contribution is 0.0977. The van der Waals surface area contributed by atoms with Crippen LogP contribution in [0.1, 0.15) is 37.0 Å². The molecule has 5 nitrogen and oxygen atoms in total. The molecule has 6 heteroatoms. The molecule has 0 aliphatic carbocycles. The first-order valence-electron chi connectivity index (χ1n) is 9.25. The van der Waals surface area contributed by atoms with Crippen molar-refractivity contribution in [1.82, 2.24) is 5.32 Å². The van der Waals surface area contributed by atoms with Crippen LogP contribution in [0.5, 0.6) is 5.75 Å².